The number of carbonyl (C=O) groups is 1. The van der Waals surface area contributed by atoms with Crippen LogP contribution in [0.5, 0.6) is 0 Å². The number of nitrogens with one attached hydrogen (secondary N) is 1. The Bertz CT molecular complexity index is 431. The fraction of sp³-hybridized carbons (Fsp3) is 0.611. The Morgan fingerprint density at radius 2 is 1.60 bits per heavy atom. The Balaban J connectivity index is 2.93. The molecule has 1 aromatic rings. The highest BCUT2D eigenvalue weighted by Crippen LogP contribution is 2.27. The van der Waals surface area contributed by atoms with Gasteiger partial charge in [0.2, 0.25) is 5.91 Å². The highest BCUT2D eigenvalue weighted by molar-refractivity contribution is 5.92. The lowest BCUT2D eigenvalue weighted by Crippen LogP contribution is -2.21. The molecule has 1 rings (SSSR count). The van der Waals surface area contributed by atoms with Gasteiger partial charge in [0.15, 0.2) is 0 Å². The van der Waals surface area contributed by atoms with Crippen LogP contribution in [0.25, 0.3) is 0 Å². The summed E-state index contributed by atoms with van der Waals surface area (Å²) in [6.45, 7) is 10.7. The van der Waals surface area contributed by atoms with Crippen LogP contribution in [0.15, 0.2) is 18.2 Å². The molecule has 0 unspecified atom stereocenters. The second kappa shape index (κ2) is 8.08. The highest BCUT2D eigenvalue weighted by atomic mass is 16.1. The van der Waals surface area contributed by atoms with Crippen LogP contribution in [0.4, 0.5) is 5.69 Å². The van der Waals surface area contributed by atoms with Crippen LogP contribution in [0.3, 0.4) is 0 Å². The van der Waals surface area contributed by atoms with Crippen molar-refractivity contribution in [3.8, 4) is 0 Å². The van der Waals surface area contributed by atoms with Gasteiger partial charge in [-0.15, -0.1) is 0 Å². The first-order chi connectivity index (χ1) is 9.55. The third-order valence-electron chi connectivity index (χ3n) is 4.18. The van der Waals surface area contributed by atoms with E-state index in [9.17, 15) is 4.79 Å². The van der Waals surface area contributed by atoms with E-state index < -0.39 is 0 Å². The molecule has 20 heavy (non-hydrogen) atoms. The molecule has 2 nitrogen and oxygen atoms in total. The van der Waals surface area contributed by atoms with Crippen LogP contribution in [-0.2, 0) is 4.79 Å². The molecule has 0 fully saturated rings. The maximum atomic E-state index is 12.2. The first-order valence-electron chi connectivity index (χ1n) is 7.97. The van der Waals surface area contributed by atoms with E-state index in [1.165, 1.54) is 11.1 Å². The molecule has 0 aromatic heterocycles. The summed E-state index contributed by atoms with van der Waals surface area (Å²) < 4.78 is 0. The van der Waals surface area contributed by atoms with Crippen LogP contribution in [-0.4, -0.2) is 5.91 Å². The van der Waals surface area contributed by atoms with Crippen molar-refractivity contribution in [2.75, 3.05) is 5.32 Å². The second-order valence-corrected chi connectivity index (χ2v) is 5.65. The molecule has 0 saturated carbocycles. The van der Waals surface area contributed by atoms with Gasteiger partial charge in [0.25, 0.3) is 0 Å². The van der Waals surface area contributed by atoms with E-state index in [4.69, 9.17) is 0 Å². The third-order valence-corrected chi connectivity index (χ3v) is 4.18. The number of rotatable bonds is 7. The number of amides is 1. The van der Waals surface area contributed by atoms with Gasteiger partial charge in [0.1, 0.15) is 0 Å². The predicted molar refractivity (Wildman–Crippen MR) is 87.2 cm³/mol. The van der Waals surface area contributed by atoms with Crippen LogP contribution < -0.4 is 5.32 Å². The van der Waals surface area contributed by atoms with Gasteiger partial charge in [0, 0.05) is 11.6 Å². The summed E-state index contributed by atoms with van der Waals surface area (Å²) in [6, 6.07) is 6.45. The number of carbonyl (C=O) groups excluding carboxylic acids is 1. The lowest BCUT2D eigenvalue weighted by molar-refractivity contribution is -0.120. The Labute approximate surface area is 124 Å². The zero-order valence-corrected chi connectivity index (χ0v) is 13.6. The molecule has 0 heterocycles. The van der Waals surface area contributed by atoms with Gasteiger partial charge < -0.3 is 5.32 Å². The van der Waals surface area contributed by atoms with Gasteiger partial charge in [-0.25, -0.2) is 0 Å². The maximum absolute atomic E-state index is 12.2. The fourth-order valence-electron chi connectivity index (χ4n) is 2.78. The van der Waals surface area contributed by atoms with Crippen LogP contribution in [0, 0.1) is 12.8 Å². The summed E-state index contributed by atoms with van der Waals surface area (Å²) in [5.74, 6) is 0.849. The zero-order valence-electron chi connectivity index (χ0n) is 13.6. The fourth-order valence-corrected chi connectivity index (χ4v) is 2.78. The lowest BCUT2D eigenvalue weighted by Gasteiger charge is -2.17. The Hall–Kier alpha value is -1.31. The topological polar surface area (TPSA) is 29.1 Å². The van der Waals surface area contributed by atoms with Crippen molar-refractivity contribution in [3.05, 3.63) is 29.3 Å². The van der Waals surface area contributed by atoms with Gasteiger partial charge in [-0.05, 0) is 61.8 Å². The molecule has 0 aliphatic rings. The predicted octanol–water partition coefficient (Wildman–Crippen LogP) is 5.27. The summed E-state index contributed by atoms with van der Waals surface area (Å²) in [5.41, 5.74) is 3.51. The van der Waals surface area contributed by atoms with Gasteiger partial charge in [0.05, 0.1) is 0 Å². The number of benzene rings is 1. The minimum Gasteiger partial charge on any atom is -0.326 e. The summed E-state index contributed by atoms with van der Waals surface area (Å²) in [6.07, 6.45) is 4.07. The first kappa shape index (κ1) is 16.7. The van der Waals surface area contributed by atoms with Crippen molar-refractivity contribution in [1.29, 1.82) is 0 Å². The van der Waals surface area contributed by atoms with Crippen LogP contribution in [0.1, 0.15) is 70.4 Å². The smallest absolute Gasteiger partial charge is 0.227 e. The molecule has 2 heteroatoms. The van der Waals surface area contributed by atoms with E-state index in [0.29, 0.717) is 5.92 Å². The molecule has 0 bridgehead atoms. The monoisotopic (exact) mass is 275 g/mol. The van der Waals surface area contributed by atoms with Gasteiger partial charge in [-0.1, -0.05) is 33.8 Å². The first-order valence-corrected chi connectivity index (χ1v) is 7.97. The van der Waals surface area contributed by atoms with E-state index >= 15 is 0 Å². The normalized spacial score (nSPS) is 11.2. The quantitative estimate of drug-likeness (QED) is 0.721. The molecule has 1 aromatic carbocycles. The average molecular weight is 275 g/mol. The summed E-state index contributed by atoms with van der Waals surface area (Å²) >= 11 is 0. The number of aryl methyl sites for hydroxylation is 1. The van der Waals surface area contributed by atoms with Crippen molar-refractivity contribution in [3.63, 3.8) is 0 Å². The lowest BCUT2D eigenvalue weighted by atomic mass is 9.92. The Morgan fingerprint density at radius 1 is 1.00 bits per heavy atom. The average Bonchev–Trinajstić information content (AvgIpc) is 2.40. The van der Waals surface area contributed by atoms with E-state index in [-0.39, 0.29) is 11.8 Å². The van der Waals surface area contributed by atoms with Gasteiger partial charge >= 0.3 is 0 Å². The Morgan fingerprint density at radius 3 is 2.10 bits per heavy atom. The molecule has 1 amide bonds. The summed E-state index contributed by atoms with van der Waals surface area (Å²) in [4.78, 5) is 12.2. The minimum absolute atomic E-state index is 0.118. The number of anilines is 1. The molecule has 0 spiro atoms. The standard InChI is InChI=1S/C18H29NO/c1-6-14(7-2)16-10-13(5)11-17(12-16)19-18(20)15(8-3)9-4/h10-12,14-15H,6-9H2,1-5H3,(H,19,20). The van der Waals surface area contributed by atoms with Crippen molar-refractivity contribution in [2.45, 2.75) is 66.2 Å². The SMILES string of the molecule is CCC(CC)C(=O)Nc1cc(C)cc(C(CC)CC)c1. The van der Waals surface area contributed by atoms with Gasteiger partial charge in [-0.3, -0.25) is 4.79 Å². The van der Waals surface area contributed by atoms with Crippen molar-refractivity contribution >= 4 is 11.6 Å². The van der Waals surface area contributed by atoms with Crippen LogP contribution in [0.2, 0.25) is 0 Å². The molecular formula is C18H29NO. The van der Waals surface area contributed by atoms with E-state index in [0.717, 1.165) is 31.4 Å². The van der Waals surface area contributed by atoms with Crippen LogP contribution >= 0.6 is 0 Å². The van der Waals surface area contributed by atoms with E-state index in [1.54, 1.807) is 0 Å². The second-order valence-electron chi connectivity index (χ2n) is 5.65. The molecule has 0 aliphatic heterocycles. The highest BCUT2D eigenvalue weighted by Gasteiger charge is 2.15. The molecule has 1 N–H and O–H groups in total. The van der Waals surface area contributed by atoms with E-state index in [2.05, 4.69) is 58.1 Å². The largest absolute Gasteiger partial charge is 0.326 e. The summed E-state index contributed by atoms with van der Waals surface area (Å²) in [7, 11) is 0. The van der Waals surface area contributed by atoms with E-state index in [1.807, 2.05) is 0 Å². The number of hydrogen-bond donors (Lipinski definition) is 1. The molecule has 0 radical (unpaired) electrons. The zero-order chi connectivity index (χ0) is 15.1. The molecule has 0 saturated heterocycles. The molecule has 0 atom stereocenters. The molecule has 0 aliphatic carbocycles. The van der Waals surface area contributed by atoms with Gasteiger partial charge in [-0.2, -0.15) is 0 Å². The Kier molecular flexibility index (Phi) is 6.77. The van der Waals surface area contributed by atoms with Crippen molar-refractivity contribution < 1.29 is 4.79 Å². The third kappa shape index (κ3) is 4.36. The van der Waals surface area contributed by atoms with Crippen molar-refractivity contribution in [1.82, 2.24) is 0 Å². The maximum Gasteiger partial charge on any atom is 0.227 e. The van der Waals surface area contributed by atoms with Crippen molar-refractivity contribution in [2.24, 2.45) is 5.92 Å². The summed E-state index contributed by atoms with van der Waals surface area (Å²) in [5, 5.41) is 3.09. The molecular weight excluding hydrogens is 246 g/mol. The molecule has 112 valence electrons. The number of hydrogen-bond acceptors (Lipinski definition) is 1. The minimum atomic E-state index is 0.118.